The van der Waals surface area contributed by atoms with Crippen LogP contribution in [-0.2, 0) is 10.7 Å². The van der Waals surface area contributed by atoms with Crippen LogP contribution in [-0.4, -0.2) is 10.8 Å². The van der Waals surface area contributed by atoms with Gasteiger partial charge in [-0.05, 0) is 11.1 Å². The lowest BCUT2D eigenvalue weighted by Crippen LogP contribution is -2.01. The second-order valence-corrected chi connectivity index (χ2v) is 8.89. The minimum absolute atomic E-state index is 0.00656. The number of benzene rings is 2. The molecule has 0 saturated carbocycles. The van der Waals surface area contributed by atoms with Crippen molar-refractivity contribution in [2.45, 2.75) is 25.2 Å². The first-order chi connectivity index (χ1) is 10.1. The minimum Gasteiger partial charge on any atom is -0.511 e. The summed E-state index contributed by atoms with van der Waals surface area (Å²) in [5.74, 6) is 0.299. The Morgan fingerprint density at radius 3 is 2.24 bits per heavy atom. The molecule has 2 atom stereocenters. The Bertz CT molecular complexity index is 705. The van der Waals surface area contributed by atoms with Gasteiger partial charge in [-0.3, -0.25) is 0 Å². The number of rotatable bonds is 3. The van der Waals surface area contributed by atoms with Gasteiger partial charge in [0.25, 0.3) is 0 Å². The van der Waals surface area contributed by atoms with Crippen LogP contribution in [0.3, 0.4) is 0 Å². The maximum Gasteiger partial charge on any atom is 0.126 e. The van der Waals surface area contributed by atoms with Gasteiger partial charge in [0, 0.05) is 18.2 Å². The molecule has 0 aromatic heterocycles. The summed E-state index contributed by atoms with van der Waals surface area (Å²) < 4.78 is 13.6. The van der Waals surface area contributed by atoms with Crippen molar-refractivity contribution in [3.63, 3.8) is 0 Å². The molecule has 2 nitrogen and oxygen atoms in total. The predicted octanol–water partition coefficient (Wildman–Crippen LogP) is 5.27. The van der Waals surface area contributed by atoms with Gasteiger partial charge in [0.15, 0.2) is 0 Å². The zero-order chi connectivity index (χ0) is 14.9. The van der Waals surface area contributed by atoms with Gasteiger partial charge >= 0.3 is 0 Å². The molecule has 3 heteroatoms. The average molecular weight is 298 g/mol. The Morgan fingerprint density at radius 2 is 1.62 bits per heavy atom. The molecule has 1 aliphatic heterocycles. The van der Waals surface area contributed by atoms with Crippen LogP contribution in [0.15, 0.2) is 66.4 Å². The van der Waals surface area contributed by atoms with E-state index in [1.807, 2.05) is 67.6 Å². The third kappa shape index (κ3) is 2.56. The van der Waals surface area contributed by atoms with Crippen molar-refractivity contribution < 1.29 is 9.67 Å². The highest BCUT2D eigenvalue weighted by molar-refractivity contribution is 7.74. The molecule has 0 spiro atoms. The van der Waals surface area contributed by atoms with Crippen molar-refractivity contribution in [2.24, 2.45) is 0 Å². The Labute approximate surface area is 125 Å². The number of hydrogen-bond acceptors (Lipinski definition) is 2. The molecule has 2 unspecified atom stereocenters. The topological polar surface area (TPSA) is 37.3 Å². The van der Waals surface area contributed by atoms with Crippen molar-refractivity contribution in [1.82, 2.24) is 0 Å². The predicted molar refractivity (Wildman–Crippen MR) is 87.8 cm³/mol. The summed E-state index contributed by atoms with van der Waals surface area (Å²) in [6.45, 7) is 1.98. The highest BCUT2D eigenvalue weighted by atomic mass is 31.2. The van der Waals surface area contributed by atoms with Crippen LogP contribution in [0.25, 0.3) is 5.31 Å². The molecule has 0 saturated heterocycles. The van der Waals surface area contributed by atoms with E-state index in [0.29, 0.717) is 23.7 Å². The summed E-state index contributed by atoms with van der Waals surface area (Å²) in [6, 6.07) is 19.5. The van der Waals surface area contributed by atoms with Crippen LogP contribution in [0.5, 0.6) is 0 Å². The number of aliphatic hydroxyl groups is 1. The van der Waals surface area contributed by atoms with Crippen LogP contribution < -0.4 is 0 Å². The molecule has 108 valence electrons. The summed E-state index contributed by atoms with van der Waals surface area (Å²) >= 11 is 0. The van der Waals surface area contributed by atoms with E-state index in [1.54, 1.807) is 0 Å². The average Bonchev–Trinajstić information content (AvgIpc) is 2.70. The summed E-state index contributed by atoms with van der Waals surface area (Å²) in [7, 11) is -2.64. The molecule has 0 aliphatic carbocycles. The van der Waals surface area contributed by atoms with E-state index in [2.05, 4.69) is 0 Å². The SMILES string of the molecule is CC1CC(O)=C(c2ccccc2)P1(=O)Cc1ccccc1. The first-order valence-corrected chi connectivity index (χ1v) is 9.18. The van der Waals surface area contributed by atoms with Crippen LogP contribution in [0.2, 0.25) is 0 Å². The highest BCUT2D eigenvalue weighted by Gasteiger charge is 2.42. The molecular weight excluding hydrogens is 279 g/mol. The highest BCUT2D eigenvalue weighted by Crippen LogP contribution is 2.70. The van der Waals surface area contributed by atoms with Crippen molar-refractivity contribution in [2.75, 3.05) is 0 Å². The lowest BCUT2D eigenvalue weighted by Gasteiger charge is -2.21. The summed E-state index contributed by atoms with van der Waals surface area (Å²) in [5.41, 5.74) is 1.95. The maximum atomic E-state index is 13.6. The van der Waals surface area contributed by atoms with E-state index < -0.39 is 7.14 Å². The molecule has 2 aromatic rings. The van der Waals surface area contributed by atoms with E-state index in [9.17, 15) is 9.67 Å². The molecule has 0 fully saturated rings. The lowest BCUT2D eigenvalue weighted by atomic mass is 10.2. The fraction of sp³-hybridized carbons (Fsp3) is 0.222. The standard InChI is InChI=1S/C18H19O2P/c1-14-12-17(19)18(16-10-6-3-7-11-16)21(14,20)13-15-8-4-2-5-9-15/h2-11,14,19H,12-13H2,1H3. The largest absolute Gasteiger partial charge is 0.511 e. The second kappa shape index (κ2) is 5.54. The van der Waals surface area contributed by atoms with Gasteiger partial charge in [-0.2, -0.15) is 0 Å². The van der Waals surface area contributed by atoms with Crippen LogP contribution in [0.4, 0.5) is 0 Å². The Balaban J connectivity index is 2.05. The van der Waals surface area contributed by atoms with Gasteiger partial charge < -0.3 is 9.67 Å². The van der Waals surface area contributed by atoms with Gasteiger partial charge in [-0.15, -0.1) is 0 Å². The van der Waals surface area contributed by atoms with Gasteiger partial charge in [0.2, 0.25) is 0 Å². The zero-order valence-electron chi connectivity index (χ0n) is 12.1. The molecule has 0 radical (unpaired) electrons. The summed E-state index contributed by atoms with van der Waals surface area (Å²) in [5, 5.41) is 11.0. The normalized spacial score (nSPS) is 25.3. The van der Waals surface area contributed by atoms with Crippen molar-refractivity contribution in [3.8, 4) is 0 Å². The van der Waals surface area contributed by atoms with E-state index in [4.69, 9.17) is 0 Å². The number of aliphatic hydroxyl groups excluding tert-OH is 1. The zero-order valence-corrected chi connectivity index (χ0v) is 13.0. The molecular formula is C18H19O2P. The summed E-state index contributed by atoms with van der Waals surface area (Å²) in [4.78, 5) is 0. The van der Waals surface area contributed by atoms with Gasteiger partial charge in [-0.25, -0.2) is 0 Å². The molecule has 0 bridgehead atoms. The van der Waals surface area contributed by atoms with E-state index in [1.165, 1.54) is 0 Å². The molecule has 1 heterocycles. The fourth-order valence-electron chi connectivity index (χ4n) is 3.03. The quantitative estimate of drug-likeness (QED) is 0.784. The third-order valence-electron chi connectivity index (χ3n) is 4.16. The molecule has 2 aromatic carbocycles. The number of allylic oxidation sites excluding steroid dienone is 1. The van der Waals surface area contributed by atoms with E-state index in [0.717, 1.165) is 11.1 Å². The second-order valence-electron chi connectivity index (χ2n) is 5.65. The van der Waals surface area contributed by atoms with E-state index >= 15 is 0 Å². The first-order valence-electron chi connectivity index (χ1n) is 7.22. The summed E-state index contributed by atoms with van der Waals surface area (Å²) in [6.07, 6.45) is 1.03. The first kappa shape index (κ1) is 14.2. The Hall–Kier alpha value is -1.79. The maximum absolute atomic E-state index is 13.6. The van der Waals surface area contributed by atoms with Crippen molar-refractivity contribution in [1.29, 1.82) is 0 Å². The lowest BCUT2D eigenvalue weighted by molar-refractivity contribution is 0.396. The number of hydrogen-bond donors (Lipinski definition) is 1. The molecule has 3 rings (SSSR count). The van der Waals surface area contributed by atoms with Gasteiger partial charge in [-0.1, -0.05) is 67.6 Å². The Morgan fingerprint density at radius 1 is 1.05 bits per heavy atom. The molecule has 1 aliphatic rings. The van der Waals surface area contributed by atoms with E-state index in [-0.39, 0.29) is 5.66 Å². The third-order valence-corrected chi connectivity index (χ3v) is 7.87. The molecule has 0 amide bonds. The van der Waals surface area contributed by atoms with Crippen LogP contribution >= 0.6 is 7.14 Å². The van der Waals surface area contributed by atoms with Crippen LogP contribution in [0, 0.1) is 0 Å². The molecule has 1 N–H and O–H groups in total. The van der Waals surface area contributed by atoms with Gasteiger partial charge in [0.05, 0.1) is 5.31 Å². The molecule has 21 heavy (non-hydrogen) atoms. The fourth-order valence-corrected chi connectivity index (χ4v) is 6.28. The van der Waals surface area contributed by atoms with Crippen molar-refractivity contribution in [3.05, 3.63) is 77.5 Å². The monoisotopic (exact) mass is 298 g/mol. The smallest absolute Gasteiger partial charge is 0.126 e. The van der Waals surface area contributed by atoms with Gasteiger partial charge in [0.1, 0.15) is 12.9 Å². The minimum atomic E-state index is -2.64. The Kier molecular flexibility index (Phi) is 3.73. The van der Waals surface area contributed by atoms with Crippen molar-refractivity contribution >= 4 is 12.5 Å². The van der Waals surface area contributed by atoms with Crippen LogP contribution in [0.1, 0.15) is 24.5 Å².